The van der Waals surface area contributed by atoms with Crippen LogP contribution in [0.3, 0.4) is 0 Å². The molecule has 0 bridgehead atoms. The van der Waals surface area contributed by atoms with Crippen molar-refractivity contribution < 1.29 is 23.0 Å². The normalized spacial score (nSPS) is 13.0. The van der Waals surface area contributed by atoms with Crippen LogP contribution in [-0.4, -0.2) is 40.4 Å². The lowest BCUT2D eigenvalue weighted by Gasteiger charge is -2.18. The summed E-state index contributed by atoms with van der Waals surface area (Å²) in [5, 5.41) is 12.8. The van der Waals surface area contributed by atoms with Gasteiger partial charge in [0.15, 0.2) is 0 Å². The summed E-state index contributed by atoms with van der Waals surface area (Å²) in [5.41, 5.74) is 2.69. The topological polar surface area (TPSA) is 84.9 Å². The van der Waals surface area contributed by atoms with Gasteiger partial charge in [-0.3, -0.25) is 0 Å². The predicted octanol–water partition coefficient (Wildman–Crippen LogP) is 2.40. The highest BCUT2D eigenvalue weighted by Crippen LogP contribution is 2.28. The van der Waals surface area contributed by atoms with Gasteiger partial charge in [0.25, 0.3) is 0 Å². The first-order valence-corrected chi connectivity index (χ1v) is 10.2. The van der Waals surface area contributed by atoms with E-state index in [1.165, 1.54) is 18.4 Å². The Hall–Kier alpha value is -1.45. The molecule has 0 aliphatic rings. The fourth-order valence-electron chi connectivity index (χ4n) is 2.32. The Kier molecular flexibility index (Phi) is 6.97. The monoisotopic (exact) mass is 385 g/mol. The molecule has 1 aromatic carbocycles. The maximum absolute atomic E-state index is 12.7. The number of thiophene rings is 1. The molecule has 0 radical (unpaired) electrons. The molecule has 0 amide bonds. The minimum Gasteiger partial charge on any atom is -0.495 e. The van der Waals surface area contributed by atoms with Crippen molar-refractivity contribution in [3.05, 3.63) is 45.6 Å². The van der Waals surface area contributed by atoms with Crippen molar-refractivity contribution >= 4 is 21.4 Å². The molecule has 2 N–H and O–H groups in total. The van der Waals surface area contributed by atoms with E-state index >= 15 is 0 Å². The number of aliphatic hydroxyl groups excluding tert-OH is 1. The van der Waals surface area contributed by atoms with Crippen molar-refractivity contribution in [1.82, 2.24) is 4.72 Å². The number of aryl methyl sites for hydroxylation is 2. The molecule has 2 aromatic rings. The van der Waals surface area contributed by atoms with E-state index in [0.717, 1.165) is 16.7 Å². The third-order valence-corrected chi connectivity index (χ3v) is 6.00. The molecule has 1 atom stereocenters. The Morgan fingerprint density at radius 3 is 2.60 bits per heavy atom. The second-order valence-electron chi connectivity index (χ2n) is 5.58. The lowest BCUT2D eigenvalue weighted by Crippen LogP contribution is -2.30. The molecule has 0 spiro atoms. The quantitative estimate of drug-likeness (QED) is 0.692. The lowest BCUT2D eigenvalue weighted by molar-refractivity contribution is 0.0311. The number of methoxy groups -OCH3 is 1. The fourth-order valence-corrected chi connectivity index (χ4v) is 4.29. The predicted molar refractivity (Wildman–Crippen MR) is 97.8 cm³/mol. The van der Waals surface area contributed by atoms with Crippen LogP contribution in [0, 0.1) is 13.8 Å². The van der Waals surface area contributed by atoms with E-state index in [1.807, 2.05) is 30.7 Å². The minimum absolute atomic E-state index is 0.0646. The molecule has 8 heteroatoms. The third-order valence-electron chi connectivity index (χ3n) is 3.85. The van der Waals surface area contributed by atoms with Gasteiger partial charge < -0.3 is 14.6 Å². The molecule has 25 heavy (non-hydrogen) atoms. The van der Waals surface area contributed by atoms with Gasteiger partial charge in [-0.2, -0.15) is 11.3 Å². The second kappa shape index (κ2) is 8.77. The first-order valence-electron chi connectivity index (χ1n) is 7.78. The Morgan fingerprint density at radius 1 is 1.28 bits per heavy atom. The van der Waals surface area contributed by atoms with Crippen LogP contribution in [0.4, 0.5) is 0 Å². The molecule has 1 aromatic heterocycles. The van der Waals surface area contributed by atoms with Crippen LogP contribution in [-0.2, 0) is 14.8 Å². The average molecular weight is 386 g/mol. The molecule has 0 fully saturated rings. The van der Waals surface area contributed by atoms with Crippen LogP contribution < -0.4 is 9.46 Å². The number of benzene rings is 1. The van der Waals surface area contributed by atoms with Gasteiger partial charge in [0, 0.05) is 6.54 Å². The number of aliphatic hydroxyl groups is 1. The maximum Gasteiger partial charge on any atom is 0.244 e. The second-order valence-corrected chi connectivity index (χ2v) is 8.09. The molecular formula is C17H23NO5S2. The summed E-state index contributed by atoms with van der Waals surface area (Å²) in [4.78, 5) is 0.101. The van der Waals surface area contributed by atoms with Gasteiger partial charge in [0.05, 0.1) is 26.4 Å². The Balaban J connectivity index is 2.21. The van der Waals surface area contributed by atoms with Gasteiger partial charge in [-0.1, -0.05) is 0 Å². The van der Waals surface area contributed by atoms with E-state index in [1.54, 1.807) is 12.1 Å². The van der Waals surface area contributed by atoms with Crippen LogP contribution in [0.2, 0.25) is 0 Å². The zero-order valence-electron chi connectivity index (χ0n) is 14.5. The standard InChI is InChI=1S/C17H23NO5S2/c1-12-8-15(22-3)17(9-13(12)2)25(20,21)18-10-16(23-6-5-19)14-4-7-24-11-14/h4,7-9,11,16,18-19H,5-6,10H2,1-3H3/t16-/m1/s1. The van der Waals surface area contributed by atoms with Crippen molar-refractivity contribution in [2.45, 2.75) is 24.8 Å². The molecule has 0 unspecified atom stereocenters. The van der Waals surface area contributed by atoms with Gasteiger partial charge in [0.2, 0.25) is 10.0 Å². The summed E-state index contributed by atoms with van der Waals surface area (Å²) < 4.78 is 38.8. The SMILES string of the molecule is COc1cc(C)c(C)cc1S(=O)(=O)NC[C@@H](OCCO)c1ccsc1. The number of rotatable bonds is 9. The smallest absolute Gasteiger partial charge is 0.244 e. The summed E-state index contributed by atoms with van der Waals surface area (Å²) in [6.07, 6.45) is -0.467. The molecule has 1 heterocycles. The molecule has 0 aliphatic carbocycles. The first-order chi connectivity index (χ1) is 11.9. The number of hydrogen-bond acceptors (Lipinski definition) is 6. The van der Waals surface area contributed by atoms with E-state index in [4.69, 9.17) is 14.6 Å². The van der Waals surface area contributed by atoms with Crippen LogP contribution >= 0.6 is 11.3 Å². The fraction of sp³-hybridized carbons (Fsp3) is 0.412. The lowest BCUT2D eigenvalue weighted by atomic mass is 10.1. The van der Waals surface area contributed by atoms with E-state index in [-0.39, 0.29) is 24.7 Å². The number of hydrogen-bond donors (Lipinski definition) is 2. The first kappa shape index (κ1) is 19.9. The molecule has 0 saturated carbocycles. The van der Waals surface area contributed by atoms with Gasteiger partial charge in [-0.05, 0) is 59.5 Å². The zero-order chi connectivity index (χ0) is 18.4. The van der Waals surface area contributed by atoms with Crippen LogP contribution in [0.25, 0.3) is 0 Å². The summed E-state index contributed by atoms with van der Waals surface area (Å²) >= 11 is 1.50. The van der Waals surface area contributed by atoms with E-state index in [9.17, 15) is 8.42 Å². The third kappa shape index (κ3) is 5.02. The van der Waals surface area contributed by atoms with Gasteiger partial charge in [-0.25, -0.2) is 13.1 Å². The average Bonchev–Trinajstić information content (AvgIpc) is 3.11. The van der Waals surface area contributed by atoms with Crippen molar-refractivity contribution in [3.8, 4) is 5.75 Å². The van der Waals surface area contributed by atoms with Crippen molar-refractivity contribution in [2.75, 3.05) is 26.9 Å². The van der Waals surface area contributed by atoms with Crippen LogP contribution in [0.15, 0.2) is 33.9 Å². The van der Waals surface area contributed by atoms with E-state index < -0.39 is 16.1 Å². The Bertz CT molecular complexity index is 788. The van der Waals surface area contributed by atoms with Gasteiger partial charge in [-0.15, -0.1) is 0 Å². The highest BCUT2D eigenvalue weighted by Gasteiger charge is 2.23. The van der Waals surface area contributed by atoms with Crippen molar-refractivity contribution in [1.29, 1.82) is 0 Å². The number of ether oxygens (including phenoxy) is 2. The largest absolute Gasteiger partial charge is 0.495 e. The van der Waals surface area contributed by atoms with E-state index in [0.29, 0.717) is 5.75 Å². The Morgan fingerprint density at radius 2 is 2.00 bits per heavy atom. The highest BCUT2D eigenvalue weighted by atomic mass is 32.2. The molecule has 2 rings (SSSR count). The summed E-state index contributed by atoms with van der Waals surface area (Å²) in [7, 11) is -2.32. The van der Waals surface area contributed by atoms with Gasteiger partial charge >= 0.3 is 0 Å². The molecular weight excluding hydrogens is 362 g/mol. The zero-order valence-corrected chi connectivity index (χ0v) is 16.1. The highest BCUT2D eigenvalue weighted by molar-refractivity contribution is 7.89. The number of nitrogens with one attached hydrogen (secondary N) is 1. The summed E-state index contributed by atoms with van der Waals surface area (Å²) in [6, 6.07) is 5.19. The summed E-state index contributed by atoms with van der Waals surface area (Å²) in [6.45, 7) is 3.83. The molecule has 138 valence electrons. The molecule has 6 nitrogen and oxygen atoms in total. The van der Waals surface area contributed by atoms with Gasteiger partial charge in [0.1, 0.15) is 10.6 Å². The molecule has 0 aliphatic heterocycles. The van der Waals surface area contributed by atoms with E-state index in [2.05, 4.69) is 4.72 Å². The number of sulfonamides is 1. The minimum atomic E-state index is -3.77. The maximum atomic E-state index is 12.7. The van der Waals surface area contributed by atoms with Crippen LogP contribution in [0.5, 0.6) is 5.75 Å². The van der Waals surface area contributed by atoms with Crippen molar-refractivity contribution in [2.24, 2.45) is 0 Å². The van der Waals surface area contributed by atoms with Crippen LogP contribution in [0.1, 0.15) is 22.8 Å². The Labute approximate surface area is 152 Å². The summed E-state index contributed by atoms with van der Waals surface area (Å²) in [5.74, 6) is 0.305. The molecule has 0 saturated heterocycles. The van der Waals surface area contributed by atoms with Crippen molar-refractivity contribution in [3.63, 3.8) is 0 Å².